The van der Waals surface area contributed by atoms with Crippen LogP contribution in [0.2, 0.25) is 5.02 Å². The van der Waals surface area contributed by atoms with E-state index in [1.807, 2.05) is 17.0 Å². The molecule has 148 valence electrons. The number of carbonyl (C=O) groups is 1. The molecule has 1 aromatic carbocycles. The summed E-state index contributed by atoms with van der Waals surface area (Å²) in [5.74, 6) is 0. The predicted molar refractivity (Wildman–Crippen MR) is 113 cm³/mol. The highest BCUT2D eigenvalue weighted by molar-refractivity contribution is 6.30. The van der Waals surface area contributed by atoms with Crippen molar-refractivity contribution in [3.05, 3.63) is 40.9 Å². The molecular formula is C22H32ClN3O. The molecule has 27 heavy (non-hydrogen) atoms. The van der Waals surface area contributed by atoms with Crippen molar-refractivity contribution in [3.8, 4) is 0 Å². The first kappa shape index (κ1) is 20.2. The lowest BCUT2D eigenvalue weighted by atomic mass is 9.96. The number of hydrogen-bond donors (Lipinski definition) is 1. The number of benzene rings is 1. The Balaban J connectivity index is 1.45. The molecule has 1 N–H and O–H groups in total. The average Bonchev–Trinajstić information content (AvgIpc) is 2.71. The Hall–Kier alpha value is -1.52. The minimum Gasteiger partial charge on any atom is -0.335 e. The number of carbonyl (C=O) groups excluding carboxylic acids is 1. The number of nitrogens with one attached hydrogen (secondary N) is 1. The Bertz CT molecular complexity index is 629. The zero-order valence-corrected chi connectivity index (χ0v) is 17.2. The van der Waals surface area contributed by atoms with E-state index in [1.165, 1.54) is 30.4 Å². The van der Waals surface area contributed by atoms with Gasteiger partial charge in [0.25, 0.3) is 0 Å². The van der Waals surface area contributed by atoms with Crippen LogP contribution in [0.3, 0.4) is 0 Å². The summed E-state index contributed by atoms with van der Waals surface area (Å²) in [7, 11) is 0. The largest absolute Gasteiger partial charge is 0.335 e. The lowest BCUT2D eigenvalue weighted by Crippen LogP contribution is -2.53. The summed E-state index contributed by atoms with van der Waals surface area (Å²) in [6.07, 6.45) is 9.42. The summed E-state index contributed by atoms with van der Waals surface area (Å²) in [6, 6.07) is 8.59. The Morgan fingerprint density at radius 1 is 1.11 bits per heavy atom. The molecule has 2 amide bonds. The maximum Gasteiger partial charge on any atom is 0.317 e. The summed E-state index contributed by atoms with van der Waals surface area (Å²) in [5.41, 5.74) is 2.59. The summed E-state index contributed by atoms with van der Waals surface area (Å²) in [6.45, 7) is 6.62. The van der Waals surface area contributed by atoms with Gasteiger partial charge in [-0.1, -0.05) is 56.0 Å². The normalized spacial score (nSPS) is 19.9. The van der Waals surface area contributed by atoms with E-state index in [-0.39, 0.29) is 6.03 Å². The first-order valence-electron chi connectivity index (χ1n) is 10.4. The van der Waals surface area contributed by atoms with Crippen LogP contribution in [0.1, 0.15) is 51.0 Å². The lowest BCUT2D eigenvalue weighted by molar-refractivity contribution is 0.142. The molecule has 1 aliphatic heterocycles. The SMILES string of the molecule is CC/C(=C\CN1CCN(C(=O)NC2CCCCC2)CC1)c1ccc(Cl)cc1. The monoisotopic (exact) mass is 389 g/mol. The highest BCUT2D eigenvalue weighted by Gasteiger charge is 2.23. The van der Waals surface area contributed by atoms with Gasteiger partial charge in [0.1, 0.15) is 0 Å². The number of urea groups is 1. The van der Waals surface area contributed by atoms with Crippen LogP contribution in [0, 0.1) is 0 Å². The second kappa shape index (κ2) is 10.1. The van der Waals surface area contributed by atoms with Gasteiger partial charge in [0.05, 0.1) is 0 Å². The fraction of sp³-hybridized carbons (Fsp3) is 0.591. The quantitative estimate of drug-likeness (QED) is 0.785. The van der Waals surface area contributed by atoms with Gasteiger partial charge in [-0.05, 0) is 42.5 Å². The van der Waals surface area contributed by atoms with Gasteiger partial charge in [-0.25, -0.2) is 4.79 Å². The minimum atomic E-state index is 0.132. The van der Waals surface area contributed by atoms with E-state index >= 15 is 0 Å². The summed E-state index contributed by atoms with van der Waals surface area (Å²) in [4.78, 5) is 16.9. The molecule has 4 nitrogen and oxygen atoms in total. The fourth-order valence-corrected chi connectivity index (χ4v) is 4.14. The first-order chi connectivity index (χ1) is 13.2. The molecule has 0 bridgehead atoms. The highest BCUT2D eigenvalue weighted by Crippen LogP contribution is 2.21. The Morgan fingerprint density at radius 2 is 1.78 bits per heavy atom. The molecule has 1 saturated heterocycles. The molecule has 5 heteroatoms. The number of halogens is 1. The molecule has 0 aromatic heterocycles. The zero-order valence-electron chi connectivity index (χ0n) is 16.4. The first-order valence-corrected chi connectivity index (χ1v) is 10.8. The minimum absolute atomic E-state index is 0.132. The third-order valence-electron chi connectivity index (χ3n) is 5.78. The van der Waals surface area contributed by atoms with Gasteiger partial charge in [-0.2, -0.15) is 0 Å². The van der Waals surface area contributed by atoms with Crippen LogP contribution in [0.15, 0.2) is 30.3 Å². The molecule has 2 fully saturated rings. The second-order valence-electron chi connectivity index (χ2n) is 7.66. The van der Waals surface area contributed by atoms with Gasteiger partial charge in [0.2, 0.25) is 0 Å². The van der Waals surface area contributed by atoms with Crippen LogP contribution in [0.4, 0.5) is 4.79 Å². The van der Waals surface area contributed by atoms with Crippen molar-refractivity contribution in [2.24, 2.45) is 0 Å². The van der Waals surface area contributed by atoms with E-state index in [9.17, 15) is 4.79 Å². The maximum absolute atomic E-state index is 12.5. The number of nitrogens with zero attached hydrogens (tertiary/aromatic N) is 2. The van der Waals surface area contributed by atoms with Crippen molar-refractivity contribution in [1.29, 1.82) is 0 Å². The van der Waals surface area contributed by atoms with Gasteiger partial charge in [0.15, 0.2) is 0 Å². The van der Waals surface area contributed by atoms with Crippen LogP contribution < -0.4 is 5.32 Å². The maximum atomic E-state index is 12.5. The van der Waals surface area contributed by atoms with Crippen molar-refractivity contribution >= 4 is 23.2 Å². The molecule has 1 saturated carbocycles. The molecule has 0 radical (unpaired) electrons. The summed E-state index contributed by atoms with van der Waals surface area (Å²) >= 11 is 5.99. The van der Waals surface area contributed by atoms with Crippen LogP contribution in [0.25, 0.3) is 5.57 Å². The van der Waals surface area contributed by atoms with Gasteiger partial charge in [-0.15, -0.1) is 0 Å². The highest BCUT2D eigenvalue weighted by atomic mass is 35.5. The smallest absolute Gasteiger partial charge is 0.317 e. The number of allylic oxidation sites excluding steroid dienone is 1. The number of piperazine rings is 1. The summed E-state index contributed by atoms with van der Waals surface area (Å²) in [5, 5.41) is 4.01. The molecule has 1 aromatic rings. The topological polar surface area (TPSA) is 35.6 Å². The van der Waals surface area contributed by atoms with Crippen LogP contribution >= 0.6 is 11.6 Å². The van der Waals surface area contributed by atoms with Gasteiger partial charge in [-0.3, -0.25) is 4.90 Å². The molecule has 0 atom stereocenters. The molecule has 3 rings (SSSR count). The van der Waals surface area contributed by atoms with E-state index in [0.29, 0.717) is 6.04 Å². The van der Waals surface area contributed by atoms with Crippen LogP contribution in [0.5, 0.6) is 0 Å². The molecule has 0 spiro atoms. The van der Waals surface area contributed by atoms with Crippen LogP contribution in [-0.2, 0) is 0 Å². The molecular weight excluding hydrogens is 358 g/mol. The number of rotatable bonds is 5. The molecule has 1 heterocycles. The van der Waals surface area contributed by atoms with Gasteiger partial charge in [0, 0.05) is 43.8 Å². The lowest BCUT2D eigenvalue weighted by Gasteiger charge is -2.35. The Kier molecular flexibility index (Phi) is 7.59. The average molecular weight is 390 g/mol. The van der Waals surface area contributed by atoms with Gasteiger partial charge >= 0.3 is 6.03 Å². The molecule has 0 unspecified atom stereocenters. The van der Waals surface area contributed by atoms with E-state index in [0.717, 1.165) is 57.0 Å². The summed E-state index contributed by atoms with van der Waals surface area (Å²) < 4.78 is 0. The van der Waals surface area contributed by atoms with Crippen molar-refractivity contribution in [1.82, 2.24) is 15.1 Å². The van der Waals surface area contributed by atoms with E-state index < -0.39 is 0 Å². The third-order valence-corrected chi connectivity index (χ3v) is 6.04. The van der Waals surface area contributed by atoms with Crippen molar-refractivity contribution in [2.75, 3.05) is 32.7 Å². The van der Waals surface area contributed by atoms with Gasteiger partial charge < -0.3 is 10.2 Å². The van der Waals surface area contributed by atoms with Crippen molar-refractivity contribution in [3.63, 3.8) is 0 Å². The van der Waals surface area contributed by atoms with E-state index in [4.69, 9.17) is 11.6 Å². The number of hydrogen-bond acceptors (Lipinski definition) is 2. The number of amides is 2. The second-order valence-corrected chi connectivity index (χ2v) is 8.10. The van der Waals surface area contributed by atoms with E-state index in [2.05, 4.69) is 35.3 Å². The van der Waals surface area contributed by atoms with E-state index in [1.54, 1.807) is 0 Å². The Labute approximate surface area is 168 Å². The molecule has 1 aliphatic carbocycles. The zero-order chi connectivity index (χ0) is 19.1. The van der Waals surface area contributed by atoms with Crippen LogP contribution in [-0.4, -0.2) is 54.6 Å². The van der Waals surface area contributed by atoms with Crippen molar-refractivity contribution in [2.45, 2.75) is 51.5 Å². The Morgan fingerprint density at radius 3 is 2.41 bits per heavy atom. The predicted octanol–water partition coefficient (Wildman–Crippen LogP) is 4.79. The standard InChI is InChI=1S/C22H32ClN3O/c1-2-18(19-8-10-20(23)11-9-19)12-13-25-14-16-26(17-15-25)22(27)24-21-6-4-3-5-7-21/h8-12,21H,2-7,13-17H2,1H3,(H,24,27)/b18-12+. The molecule has 2 aliphatic rings. The fourth-order valence-electron chi connectivity index (χ4n) is 4.02. The van der Waals surface area contributed by atoms with Crippen molar-refractivity contribution < 1.29 is 4.79 Å². The third kappa shape index (κ3) is 5.98.